The van der Waals surface area contributed by atoms with Crippen molar-refractivity contribution in [3.05, 3.63) is 28.7 Å². The summed E-state index contributed by atoms with van der Waals surface area (Å²) >= 11 is 3.45. The predicted molar refractivity (Wildman–Crippen MR) is 82.1 cm³/mol. The largest absolute Gasteiger partial charge is 0.384 e. The molecule has 2 nitrogen and oxygen atoms in total. The Bertz CT molecular complexity index is 346. The average Bonchev–Trinajstić information content (AvgIpc) is 2.33. The van der Waals surface area contributed by atoms with E-state index in [1.54, 1.807) is 0 Å². The lowest BCUT2D eigenvalue weighted by molar-refractivity contribution is 0.189. The van der Waals surface area contributed by atoms with Crippen molar-refractivity contribution < 1.29 is 0 Å². The summed E-state index contributed by atoms with van der Waals surface area (Å²) in [6, 6.07) is 8.39. The topological polar surface area (TPSA) is 15.3 Å². The monoisotopic (exact) mass is 310 g/mol. The molecule has 3 heteroatoms. The van der Waals surface area contributed by atoms with Gasteiger partial charge in [0.25, 0.3) is 0 Å². The molecule has 2 rings (SSSR count). The molecule has 0 radical (unpaired) electrons. The molecular formula is C15H23BrN2. The zero-order valence-electron chi connectivity index (χ0n) is 11.2. The Morgan fingerprint density at radius 1 is 1.28 bits per heavy atom. The molecule has 0 saturated heterocycles. The van der Waals surface area contributed by atoms with Gasteiger partial charge in [-0.25, -0.2) is 0 Å². The Morgan fingerprint density at radius 2 is 2.00 bits per heavy atom. The number of hydrogen-bond donors (Lipinski definition) is 1. The molecule has 0 bridgehead atoms. The van der Waals surface area contributed by atoms with E-state index in [4.69, 9.17) is 0 Å². The van der Waals surface area contributed by atoms with Gasteiger partial charge in [0.1, 0.15) is 0 Å². The van der Waals surface area contributed by atoms with E-state index >= 15 is 0 Å². The fraction of sp³-hybridized carbons (Fsp3) is 0.600. The maximum absolute atomic E-state index is 3.48. The minimum Gasteiger partial charge on any atom is -0.384 e. The molecule has 1 fully saturated rings. The van der Waals surface area contributed by atoms with Gasteiger partial charge in [-0.05, 0) is 49.6 Å². The molecule has 0 atom stereocenters. The lowest BCUT2D eigenvalue weighted by Gasteiger charge is -2.31. The van der Waals surface area contributed by atoms with Crippen LogP contribution in [0.2, 0.25) is 0 Å². The van der Waals surface area contributed by atoms with Gasteiger partial charge >= 0.3 is 0 Å². The number of likely N-dealkylation sites (N-methyl/N-ethyl adjacent to an activating group) is 1. The van der Waals surface area contributed by atoms with Crippen LogP contribution in [0.15, 0.2) is 28.7 Å². The van der Waals surface area contributed by atoms with E-state index in [1.165, 1.54) is 38.0 Å². The summed E-state index contributed by atoms with van der Waals surface area (Å²) in [5.41, 5.74) is 1.21. The molecule has 0 aliphatic heterocycles. The first kappa shape index (κ1) is 13.9. The number of anilines is 1. The number of rotatable bonds is 7. The van der Waals surface area contributed by atoms with Crippen molar-refractivity contribution in [3.8, 4) is 0 Å². The highest BCUT2D eigenvalue weighted by Gasteiger charge is 2.19. The van der Waals surface area contributed by atoms with Crippen molar-refractivity contribution >= 4 is 21.6 Å². The SMILES string of the molecule is CCN(CCNc1ccc(Br)cc1)CC1CCC1. The summed E-state index contributed by atoms with van der Waals surface area (Å²) in [5.74, 6) is 0.970. The number of benzene rings is 1. The number of hydrogen-bond acceptors (Lipinski definition) is 2. The molecule has 18 heavy (non-hydrogen) atoms. The lowest BCUT2D eigenvalue weighted by atomic mass is 9.85. The van der Waals surface area contributed by atoms with Crippen LogP contribution in [0.5, 0.6) is 0 Å². The van der Waals surface area contributed by atoms with Gasteiger partial charge in [0.2, 0.25) is 0 Å². The number of halogens is 1. The summed E-state index contributed by atoms with van der Waals surface area (Å²) in [6.45, 7) is 6.89. The maximum Gasteiger partial charge on any atom is 0.0341 e. The summed E-state index contributed by atoms with van der Waals surface area (Å²) < 4.78 is 1.13. The lowest BCUT2D eigenvalue weighted by Crippen LogP contribution is -2.35. The maximum atomic E-state index is 3.48. The molecule has 0 heterocycles. The van der Waals surface area contributed by atoms with Crippen molar-refractivity contribution in [1.82, 2.24) is 4.90 Å². The van der Waals surface area contributed by atoms with Crippen LogP contribution in [0, 0.1) is 5.92 Å². The highest BCUT2D eigenvalue weighted by atomic mass is 79.9. The molecule has 1 N–H and O–H groups in total. The molecule has 0 aromatic heterocycles. The standard InChI is InChI=1S/C15H23BrN2/c1-2-18(12-13-4-3-5-13)11-10-17-15-8-6-14(16)7-9-15/h6-9,13,17H,2-5,10-12H2,1H3. The first-order chi connectivity index (χ1) is 8.78. The van der Waals surface area contributed by atoms with Crippen LogP contribution in [0.4, 0.5) is 5.69 Å². The third-order valence-corrected chi connectivity index (χ3v) is 4.32. The summed E-state index contributed by atoms with van der Waals surface area (Å²) in [5, 5.41) is 3.48. The van der Waals surface area contributed by atoms with Crippen LogP contribution >= 0.6 is 15.9 Å². The van der Waals surface area contributed by atoms with Gasteiger partial charge in [0, 0.05) is 29.8 Å². The molecule has 1 aromatic carbocycles. The van der Waals surface area contributed by atoms with Gasteiger partial charge in [-0.2, -0.15) is 0 Å². The van der Waals surface area contributed by atoms with E-state index < -0.39 is 0 Å². The third kappa shape index (κ3) is 4.29. The van der Waals surface area contributed by atoms with Gasteiger partial charge in [-0.15, -0.1) is 0 Å². The Labute approximate surface area is 119 Å². The van der Waals surface area contributed by atoms with Gasteiger partial charge in [0.05, 0.1) is 0 Å². The first-order valence-corrected chi connectivity index (χ1v) is 7.79. The summed E-state index contributed by atoms with van der Waals surface area (Å²) in [4.78, 5) is 2.57. The van der Waals surface area contributed by atoms with Crippen molar-refractivity contribution in [3.63, 3.8) is 0 Å². The Morgan fingerprint density at radius 3 is 2.56 bits per heavy atom. The van der Waals surface area contributed by atoms with Crippen molar-refractivity contribution in [2.75, 3.05) is 31.5 Å². The molecule has 100 valence electrons. The van der Waals surface area contributed by atoms with Crippen LogP contribution in [-0.4, -0.2) is 31.1 Å². The van der Waals surface area contributed by atoms with E-state index in [2.05, 4.69) is 57.3 Å². The molecular weight excluding hydrogens is 288 g/mol. The normalized spacial score (nSPS) is 15.7. The van der Waals surface area contributed by atoms with E-state index in [9.17, 15) is 0 Å². The van der Waals surface area contributed by atoms with Crippen LogP contribution < -0.4 is 5.32 Å². The smallest absolute Gasteiger partial charge is 0.0341 e. The molecule has 1 saturated carbocycles. The van der Waals surface area contributed by atoms with E-state index in [-0.39, 0.29) is 0 Å². The van der Waals surface area contributed by atoms with Gasteiger partial charge in [-0.3, -0.25) is 0 Å². The van der Waals surface area contributed by atoms with Crippen LogP contribution in [0.1, 0.15) is 26.2 Å². The third-order valence-electron chi connectivity index (χ3n) is 3.79. The predicted octanol–water partition coefficient (Wildman–Crippen LogP) is 3.98. The highest BCUT2D eigenvalue weighted by Crippen LogP contribution is 2.26. The van der Waals surface area contributed by atoms with Crippen LogP contribution in [0.25, 0.3) is 0 Å². The molecule has 0 amide bonds. The van der Waals surface area contributed by atoms with E-state index in [0.717, 1.165) is 23.5 Å². The summed E-state index contributed by atoms with van der Waals surface area (Å²) in [7, 11) is 0. The highest BCUT2D eigenvalue weighted by molar-refractivity contribution is 9.10. The average molecular weight is 311 g/mol. The molecule has 1 aliphatic rings. The van der Waals surface area contributed by atoms with Crippen LogP contribution in [0.3, 0.4) is 0 Å². The number of nitrogens with zero attached hydrogens (tertiary/aromatic N) is 1. The van der Waals surface area contributed by atoms with Crippen LogP contribution in [-0.2, 0) is 0 Å². The van der Waals surface area contributed by atoms with Gasteiger partial charge < -0.3 is 10.2 Å². The fourth-order valence-corrected chi connectivity index (χ4v) is 2.61. The second kappa shape index (κ2) is 7.15. The Hall–Kier alpha value is -0.540. The molecule has 0 spiro atoms. The van der Waals surface area contributed by atoms with Crippen molar-refractivity contribution in [2.45, 2.75) is 26.2 Å². The van der Waals surface area contributed by atoms with Gasteiger partial charge in [0.15, 0.2) is 0 Å². The van der Waals surface area contributed by atoms with E-state index in [1.807, 2.05) is 0 Å². The molecule has 0 unspecified atom stereocenters. The fourth-order valence-electron chi connectivity index (χ4n) is 2.35. The number of nitrogens with one attached hydrogen (secondary N) is 1. The molecule has 1 aliphatic carbocycles. The first-order valence-electron chi connectivity index (χ1n) is 6.99. The zero-order valence-corrected chi connectivity index (χ0v) is 12.7. The molecule has 1 aromatic rings. The minimum atomic E-state index is 0.970. The quantitative estimate of drug-likeness (QED) is 0.819. The van der Waals surface area contributed by atoms with Crippen molar-refractivity contribution in [2.24, 2.45) is 5.92 Å². The second-order valence-corrected chi connectivity index (χ2v) is 6.04. The minimum absolute atomic E-state index is 0.970. The van der Waals surface area contributed by atoms with E-state index in [0.29, 0.717) is 0 Å². The Balaban J connectivity index is 1.67. The zero-order chi connectivity index (χ0) is 12.8. The second-order valence-electron chi connectivity index (χ2n) is 5.12. The van der Waals surface area contributed by atoms with Gasteiger partial charge in [-0.1, -0.05) is 29.3 Å². The summed E-state index contributed by atoms with van der Waals surface area (Å²) in [6.07, 6.45) is 4.33. The Kier molecular flexibility index (Phi) is 5.51. The van der Waals surface area contributed by atoms with Crippen molar-refractivity contribution in [1.29, 1.82) is 0 Å².